The van der Waals surface area contributed by atoms with Gasteiger partial charge >= 0.3 is 0 Å². The molecule has 0 radical (unpaired) electrons. The van der Waals surface area contributed by atoms with Gasteiger partial charge in [-0.25, -0.2) is 0 Å². The molecular formula is C27H26N2O5. The minimum absolute atomic E-state index is 0.0197. The van der Waals surface area contributed by atoms with Gasteiger partial charge in [-0.05, 0) is 49.2 Å². The normalized spacial score (nSPS) is 17.2. The van der Waals surface area contributed by atoms with E-state index in [-0.39, 0.29) is 17.9 Å². The molecule has 1 aliphatic rings. The molecule has 174 valence electrons. The number of nitrogens with zero attached hydrogens (tertiary/aromatic N) is 2. The van der Waals surface area contributed by atoms with Crippen molar-refractivity contribution >= 4 is 17.4 Å². The Bertz CT molecular complexity index is 1280. The molecule has 1 aromatic heterocycles. The van der Waals surface area contributed by atoms with E-state index in [2.05, 4.69) is 4.98 Å². The van der Waals surface area contributed by atoms with Crippen LogP contribution in [0.2, 0.25) is 0 Å². The molecule has 2 heterocycles. The Hall–Kier alpha value is -4.13. The predicted octanol–water partition coefficient (Wildman–Crippen LogP) is 4.34. The quantitative estimate of drug-likeness (QED) is 0.336. The summed E-state index contributed by atoms with van der Waals surface area (Å²) < 4.78 is 11.1. The maximum atomic E-state index is 13.4. The number of hydrogen-bond acceptors (Lipinski definition) is 6. The number of hydrogen-bond donors (Lipinski definition) is 1. The zero-order chi connectivity index (χ0) is 24.4. The van der Waals surface area contributed by atoms with Crippen molar-refractivity contribution in [3.63, 3.8) is 0 Å². The van der Waals surface area contributed by atoms with Crippen LogP contribution in [0.1, 0.15) is 34.0 Å². The Labute approximate surface area is 198 Å². The number of methoxy groups -OCH3 is 2. The van der Waals surface area contributed by atoms with Gasteiger partial charge in [-0.15, -0.1) is 0 Å². The number of benzene rings is 2. The van der Waals surface area contributed by atoms with Crippen molar-refractivity contribution in [2.24, 2.45) is 0 Å². The fourth-order valence-corrected chi connectivity index (χ4v) is 4.47. The zero-order valence-corrected chi connectivity index (χ0v) is 19.5. The van der Waals surface area contributed by atoms with E-state index < -0.39 is 17.7 Å². The maximum absolute atomic E-state index is 13.4. The Morgan fingerprint density at radius 1 is 1.03 bits per heavy atom. The number of Topliss-reactive ketones (excluding diaryl/α,β-unsaturated/α-hetero) is 1. The van der Waals surface area contributed by atoms with Crippen molar-refractivity contribution in [1.29, 1.82) is 0 Å². The lowest BCUT2D eigenvalue weighted by molar-refractivity contribution is -0.140. The number of aliphatic hydroxyl groups excluding tert-OH is 1. The standard InChI is InChI=1S/C27H26N2O5/c1-16-13-17(2)26(34-4)20(14-16)24(30)22-23(19-10-5-6-11-21(19)33-3)29(27(32)25(22)31)15-18-9-7-8-12-28-18/h5-14,23,30H,15H2,1-4H3/b24-22+. The summed E-state index contributed by atoms with van der Waals surface area (Å²) in [6, 6.07) is 15.3. The second-order valence-electron chi connectivity index (χ2n) is 8.15. The number of aliphatic hydroxyl groups is 1. The highest BCUT2D eigenvalue weighted by molar-refractivity contribution is 6.46. The molecule has 1 fully saturated rings. The van der Waals surface area contributed by atoms with Crippen LogP contribution in [0.5, 0.6) is 11.5 Å². The summed E-state index contributed by atoms with van der Waals surface area (Å²) in [5.41, 5.74) is 3.24. The van der Waals surface area contributed by atoms with Gasteiger partial charge < -0.3 is 19.5 Å². The van der Waals surface area contributed by atoms with Crippen LogP contribution in [-0.4, -0.2) is 40.9 Å². The van der Waals surface area contributed by atoms with Crippen molar-refractivity contribution < 1.29 is 24.2 Å². The van der Waals surface area contributed by atoms with Crippen LogP contribution >= 0.6 is 0 Å². The van der Waals surface area contributed by atoms with Gasteiger partial charge in [0.1, 0.15) is 17.3 Å². The van der Waals surface area contributed by atoms with Gasteiger partial charge in [-0.1, -0.05) is 30.3 Å². The molecule has 7 heteroatoms. The van der Waals surface area contributed by atoms with Crippen LogP contribution < -0.4 is 9.47 Å². The van der Waals surface area contributed by atoms with E-state index in [0.29, 0.717) is 28.3 Å². The number of likely N-dealkylation sites (tertiary alicyclic amines) is 1. The third kappa shape index (κ3) is 4.01. The minimum atomic E-state index is -0.872. The molecule has 1 aliphatic heterocycles. The van der Waals surface area contributed by atoms with E-state index in [1.54, 1.807) is 48.7 Å². The third-order valence-corrected chi connectivity index (χ3v) is 5.91. The SMILES string of the molecule is COc1ccccc1C1/C(=C(\O)c2cc(C)cc(C)c2OC)C(=O)C(=O)N1Cc1ccccn1. The monoisotopic (exact) mass is 458 g/mol. The highest BCUT2D eigenvalue weighted by Gasteiger charge is 2.47. The Kier molecular flexibility index (Phi) is 6.36. The van der Waals surface area contributed by atoms with E-state index in [0.717, 1.165) is 11.1 Å². The van der Waals surface area contributed by atoms with Gasteiger partial charge in [0.25, 0.3) is 11.7 Å². The summed E-state index contributed by atoms with van der Waals surface area (Å²) in [5.74, 6) is -0.838. The van der Waals surface area contributed by atoms with E-state index >= 15 is 0 Å². The average Bonchev–Trinajstić information content (AvgIpc) is 3.08. The number of rotatable bonds is 6. The Morgan fingerprint density at radius 3 is 2.44 bits per heavy atom. The topological polar surface area (TPSA) is 89.0 Å². The molecule has 7 nitrogen and oxygen atoms in total. The Morgan fingerprint density at radius 2 is 1.76 bits per heavy atom. The molecule has 1 unspecified atom stereocenters. The Balaban J connectivity index is 1.97. The van der Waals surface area contributed by atoms with Crippen molar-refractivity contribution in [2.45, 2.75) is 26.4 Å². The van der Waals surface area contributed by atoms with Gasteiger partial charge in [0.15, 0.2) is 0 Å². The number of ketones is 1. The second kappa shape index (κ2) is 9.39. The smallest absolute Gasteiger partial charge is 0.296 e. The number of para-hydroxylation sites is 1. The van der Waals surface area contributed by atoms with Gasteiger partial charge in [-0.3, -0.25) is 14.6 Å². The van der Waals surface area contributed by atoms with Crippen molar-refractivity contribution in [3.05, 3.63) is 94.3 Å². The summed E-state index contributed by atoms with van der Waals surface area (Å²) >= 11 is 0. The number of aromatic nitrogens is 1. The number of amides is 1. The number of pyridine rings is 1. The zero-order valence-electron chi connectivity index (χ0n) is 19.5. The number of ether oxygens (including phenoxy) is 2. The van der Waals surface area contributed by atoms with Crippen molar-refractivity contribution in [1.82, 2.24) is 9.88 Å². The summed E-state index contributed by atoms with van der Waals surface area (Å²) in [7, 11) is 3.03. The van der Waals surface area contributed by atoms with Crippen LogP contribution in [0.3, 0.4) is 0 Å². The molecule has 1 atom stereocenters. The molecule has 4 rings (SSSR count). The highest BCUT2D eigenvalue weighted by Crippen LogP contribution is 2.44. The van der Waals surface area contributed by atoms with Crippen LogP contribution in [0.4, 0.5) is 0 Å². The summed E-state index contributed by atoms with van der Waals surface area (Å²) in [6.45, 7) is 3.84. The summed E-state index contributed by atoms with van der Waals surface area (Å²) in [6.07, 6.45) is 1.63. The molecule has 0 saturated carbocycles. The van der Waals surface area contributed by atoms with Crippen LogP contribution in [0.25, 0.3) is 5.76 Å². The number of carbonyl (C=O) groups excluding carboxylic acids is 2. The lowest BCUT2D eigenvalue weighted by Gasteiger charge is -2.26. The second-order valence-corrected chi connectivity index (χ2v) is 8.15. The minimum Gasteiger partial charge on any atom is -0.507 e. The highest BCUT2D eigenvalue weighted by atomic mass is 16.5. The van der Waals surface area contributed by atoms with Gasteiger partial charge in [0, 0.05) is 11.8 Å². The molecular weight excluding hydrogens is 432 g/mol. The first kappa shape index (κ1) is 23.0. The first-order chi connectivity index (χ1) is 16.4. The van der Waals surface area contributed by atoms with E-state index in [1.165, 1.54) is 19.1 Å². The molecule has 0 bridgehead atoms. The van der Waals surface area contributed by atoms with Crippen LogP contribution in [0.15, 0.2) is 66.4 Å². The van der Waals surface area contributed by atoms with Gasteiger partial charge in [-0.2, -0.15) is 0 Å². The summed E-state index contributed by atoms with van der Waals surface area (Å²) in [4.78, 5) is 32.4. The molecule has 0 spiro atoms. The molecule has 1 N–H and O–H groups in total. The fraction of sp³-hybridized carbons (Fsp3) is 0.222. The lowest BCUT2D eigenvalue weighted by atomic mass is 9.93. The predicted molar refractivity (Wildman–Crippen MR) is 128 cm³/mol. The third-order valence-electron chi connectivity index (χ3n) is 5.91. The first-order valence-electron chi connectivity index (χ1n) is 10.8. The average molecular weight is 459 g/mol. The van der Waals surface area contributed by atoms with Crippen LogP contribution in [-0.2, 0) is 16.1 Å². The van der Waals surface area contributed by atoms with E-state index in [4.69, 9.17) is 9.47 Å². The first-order valence-corrected chi connectivity index (χ1v) is 10.8. The maximum Gasteiger partial charge on any atom is 0.296 e. The van der Waals surface area contributed by atoms with Crippen LogP contribution in [0, 0.1) is 13.8 Å². The summed E-state index contributed by atoms with van der Waals surface area (Å²) in [5, 5.41) is 11.5. The van der Waals surface area contributed by atoms with Gasteiger partial charge in [0.05, 0.1) is 43.6 Å². The van der Waals surface area contributed by atoms with Crippen molar-refractivity contribution in [2.75, 3.05) is 14.2 Å². The molecule has 34 heavy (non-hydrogen) atoms. The number of aryl methyl sites for hydroxylation is 2. The number of carbonyl (C=O) groups is 2. The van der Waals surface area contributed by atoms with Gasteiger partial charge in [0.2, 0.25) is 0 Å². The molecule has 3 aromatic rings. The lowest BCUT2D eigenvalue weighted by Crippen LogP contribution is -2.29. The molecule has 1 amide bonds. The molecule has 0 aliphatic carbocycles. The molecule has 2 aromatic carbocycles. The van der Waals surface area contributed by atoms with Crippen molar-refractivity contribution in [3.8, 4) is 11.5 Å². The fourth-order valence-electron chi connectivity index (χ4n) is 4.47. The molecule has 1 saturated heterocycles. The largest absolute Gasteiger partial charge is 0.507 e. The van der Waals surface area contributed by atoms with E-state index in [1.807, 2.05) is 26.0 Å². The van der Waals surface area contributed by atoms with E-state index in [9.17, 15) is 14.7 Å².